The molecule has 0 atom stereocenters. The summed E-state index contributed by atoms with van der Waals surface area (Å²) >= 11 is 7.99. The fourth-order valence-electron chi connectivity index (χ4n) is 1.79. The Morgan fingerprint density at radius 3 is 2.89 bits per heavy atom. The van der Waals surface area contributed by atoms with E-state index in [1.54, 1.807) is 23.6 Å². The van der Waals surface area contributed by atoms with Gasteiger partial charge in [0.1, 0.15) is 11.7 Å². The van der Waals surface area contributed by atoms with Gasteiger partial charge in [-0.05, 0) is 24.4 Å². The van der Waals surface area contributed by atoms with Crippen LogP contribution in [0.25, 0.3) is 0 Å². The lowest BCUT2D eigenvalue weighted by Crippen LogP contribution is -2.24. The van der Waals surface area contributed by atoms with E-state index in [1.807, 2.05) is 18.4 Å². The van der Waals surface area contributed by atoms with Crippen LogP contribution >= 0.6 is 22.9 Å². The van der Waals surface area contributed by atoms with E-state index in [0.29, 0.717) is 16.4 Å². The number of rotatable bonds is 5. The first-order chi connectivity index (χ1) is 9.13. The van der Waals surface area contributed by atoms with Crippen molar-refractivity contribution in [3.63, 3.8) is 0 Å². The molecular formula is C13H15ClN4S. The van der Waals surface area contributed by atoms with Gasteiger partial charge < -0.3 is 10.6 Å². The Morgan fingerprint density at radius 2 is 2.32 bits per heavy atom. The van der Waals surface area contributed by atoms with Crippen molar-refractivity contribution in [2.24, 2.45) is 5.73 Å². The zero-order chi connectivity index (χ0) is 13.8. The van der Waals surface area contributed by atoms with Gasteiger partial charge in [-0.3, -0.25) is 5.41 Å². The zero-order valence-corrected chi connectivity index (χ0v) is 12.1. The van der Waals surface area contributed by atoms with Crippen LogP contribution in [0.15, 0.2) is 29.8 Å². The fourth-order valence-corrected chi connectivity index (χ4v) is 2.84. The van der Waals surface area contributed by atoms with E-state index in [9.17, 15) is 0 Å². The fraction of sp³-hybridized carbons (Fsp3) is 0.231. The molecule has 0 saturated carbocycles. The second-order valence-corrected chi connectivity index (χ2v) is 5.41. The van der Waals surface area contributed by atoms with E-state index in [4.69, 9.17) is 22.7 Å². The molecule has 0 radical (unpaired) electrons. The summed E-state index contributed by atoms with van der Waals surface area (Å²) in [4.78, 5) is 7.63. The zero-order valence-electron chi connectivity index (χ0n) is 10.6. The normalized spacial score (nSPS) is 10.4. The topological polar surface area (TPSA) is 66.0 Å². The summed E-state index contributed by atoms with van der Waals surface area (Å²) in [7, 11) is 0. The predicted molar refractivity (Wildman–Crippen MR) is 81.3 cm³/mol. The summed E-state index contributed by atoms with van der Waals surface area (Å²) in [5.41, 5.74) is 6.04. The molecule has 0 aliphatic rings. The smallest absolute Gasteiger partial charge is 0.148 e. The van der Waals surface area contributed by atoms with Crippen molar-refractivity contribution in [1.29, 1.82) is 5.41 Å². The van der Waals surface area contributed by atoms with E-state index in [1.165, 1.54) is 4.88 Å². The molecule has 0 amide bonds. The van der Waals surface area contributed by atoms with Gasteiger partial charge in [0.05, 0.1) is 11.6 Å². The number of hydrogen-bond donors (Lipinski definition) is 2. The lowest BCUT2D eigenvalue weighted by Gasteiger charge is -2.23. The Balaban J connectivity index is 2.33. The van der Waals surface area contributed by atoms with Crippen LogP contribution in [0.2, 0.25) is 5.02 Å². The monoisotopic (exact) mass is 294 g/mol. The van der Waals surface area contributed by atoms with E-state index in [-0.39, 0.29) is 5.84 Å². The standard InChI is InChI=1S/C13H15ClN4S/c1-2-18(8-9-4-3-7-19-9)13-11(14)10(12(15)16)5-6-17-13/h3-7H,2,8H2,1H3,(H3,15,16). The molecule has 4 nitrogen and oxygen atoms in total. The van der Waals surface area contributed by atoms with Crippen LogP contribution in [0.5, 0.6) is 0 Å². The van der Waals surface area contributed by atoms with E-state index in [2.05, 4.69) is 16.0 Å². The Bertz CT molecular complexity index is 568. The van der Waals surface area contributed by atoms with Crippen LogP contribution in [-0.4, -0.2) is 17.4 Å². The van der Waals surface area contributed by atoms with Crippen LogP contribution in [-0.2, 0) is 6.54 Å². The SMILES string of the molecule is CCN(Cc1cccs1)c1nccc(C(=N)N)c1Cl. The summed E-state index contributed by atoms with van der Waals surface area (Å²) < 4.78 is 0. The Morgan fingerprint density at radius 1 is 1.53 bits per heavy atom. The van der Waals surface area contributed by atoms with E-state index in [0.717, 1.165) is 13.1 Å². The number of nitrogens with one attached hydrogen (secondary N) is 1. The first-order valence-electron chi connectivity index (χ1n) is 5.89. The van der Waals surface area contributed by atoms with Crippen molar-refractivity contribution in [3.05, 3.63) is 45.2 Å². The molecular weight excluding hydrogens is 280 g/mol. The van der Waals surface area contributed by atoms with Crippen LogP contribution in [0.3, 0.4) is 0 Å². The molecule has 0 aliphatic carbocycles. The second-order valence-electron chi connectivity index (χ2n) is 4.00. The number of nitrogen functional groups attached to an aromatic ring is 1. The molecule has 2 heterocycles. The minimum atomic E-state index is -0.0409. The van der Waals surface area contributed by atoms with Crippen molar-refractivity contribution >= 4 is 34.6 Å². The third-order valence-electron chi connectivity index (χ3n) is 2.77. The number of aromatic nitrogens is 1. The largest absolute Gasteiger partial charge is 0.384 e. The van der Waals surface area contributed by atoms with Crippen molar-refractivity contribution in [2.75, 3.05) is 11.4 Å². The van der Waals surface area contributed by atoms with Crippen LogP contribution in [0.1, 0.15) is 17.4 Å². The maximum Gasteiger partial charge on any atom is 0.148 e. The van der Waals surface area contributed by atoms with Gasteiger partial charge in [0.15, 0.2) is 0 Å². The Labute approximate surface area is 121 Å². The molecule has 6 heteroatoms. The van der Waals surface area contributed by atoms with E-state index >= 15 is 0 Å². The maximum atomic E-state index is 7.52. The van der Waals surface area contributed by atoms with Crippen LogP contribution < -0.4 is 10.6 Å². The van der Waals surface area contributed by atoms with Gasteiger partial charge in [-0.2, -0.15) is 0 Å². The number of amidine groups is 1. The summed E-state index contributed by atoms with van der Waals surface area (Å²) in [5.74, 6) is 0.631. The van der Waals surface area contributed by atoms with Crippen molar-refractivity contribution in [1.82, 2.24) is 4.98 Å². The van der Waals surface area contributed by atoms with Gasteiger partial charge in [0.25, 0.3) is 0 Å². The summed E-state index contributed by atoms with van der Waals surface area (Å²) in [6.45, 7) is 3.58. The van der Waals surface area contributed by atoms with Crippen molar-refractivity contribution in [2.45, 2.75) is 13.5 Å². The minimum Gasteiger partial charge on any atom is -0.384 e. The van der Waals surface area contributed by atoms with Gasteiger partial charge in [0.2, 0.25) is 0 Å². The highest BCUT2D eigenvalue weighted by Gasteiger charge is 2.15. The molecule has 100 valence electrons. The number of halogens is 1. The number of nitrogens with two attached hydrogens (primary N) is 1. The quantitative estimate of drug-likeness (QED) is 0.658. The van der Waals surface area contributed by atoms with Crippen LogP contribution in [0, 0.1) is 5.41 Å². The van der Waals surface area contributed by atoms with Crippen molar-refractivity contribution in [3.8, 4) is 0 Å². The number of thiophene rings is 1. The highest BCUT2D eigenvalue weighted by atomic mass is 35.5. The number of hydrogen-bond acceptors (Lipinski definition) is 4. The third kappa shape index (κ3) is 3.05. The summed E-state index contributed by atoms with van der Waals surface area (Å²) in [5, 5.41) is 10.0. The maximum absolute atomic E-state index is 7.52. The molecule has 0 saturated heterocycles. The molecule has 2 rings (SSSR count). The molecule has 0 aliphatic heterocycles. The molecule has 0 bridgehead atoms. The Kier molecular flexibility index (Phi) is 4.39. The molecule has 0 fully saturated rings. The number of pyridine rings is 1. The lowest BCUT2D eigenvalue weighted by atomic mass is 10.2. The molecule has 0 aromatic carbocycles. The third-order valence-corrected chi connectivity index (χ3v) is 4.00. The van der Waals surface area contributed by atoms with E-state index < -0.39 is 0 Å². The highest BCUT2D eigenvalue weighted by Crippen LogP contribution is 2.28. The Hall–Kier alpha value is -1.59. The van der Waals surface area contributed by atoms with Crippen molar-refractivity contribution < 1.29 is 0 Å². The molecule has 0 unspecified atom stereocenters. The van der Waals surface area contributed by atoms with Gasteiger partial charge in [0, 0.05) is 23.2 Å². The molecule has 2 aromatic heterocycles. The molecule has 3 N–H and O–H groups in total. The van der Waals surface area contributed by atoms with Gasteiger partial charge >= 0.3 is 0 Å². The van der Waals surface area contributed by atoms with Gasteiger partial charge in [-0.15, -0.1) is 11.3 Å². The first-order valence-corrected chi connectivity index (χ1v) is 7.15. The van der Waals surface area contributed by atoms with Gasteiger partial charge in [-0.1, -0.05) is 17.7 Å². The molecule has 19 heavy (non-hydrogen) atoms. The minimum absolute atomic E-state index is 0.0409. The molecule has 2 aromatic rings. The lowest BCUT2D eigenvalue weighted by molar-refractivity contribution is 0.823. The average molecular weight is 295 g/mol. The summed E-state index contributed by atoms with van der Waals surface area (Å²) in [6, 6.07) is 5.76. The van der Waals surface area contributed by atoms with Gasteiger partial charge in [-0.25, -0.2) is 4.98 Å². The summed E-state index contributed by atoms with van der Waals surface area (Å²) in [6.07, 6.45) is 1.63. The average Bonchev–Trinajstić information content (AvgIpc) is 2.89. The second kappa shape index (κ2) is 6.04. The predicted octanol–water partition coefficient (Wildman–Crippen LogP) is 3.11. The number of anilines is 1. The molecule has 0 spiro atoms. The first kappa shape index (κ1) is 13.8. The highest BCUT2D eigenvalue weighted by molar-refractivity contribution is 7.09. The number of nitrogens with zero attached hydrogens (tertiary/aromatic N) is 2. The van der Waals surface area contributed by atoms with Crippen LogP contribution in [0.4, 0.5) is 5.82 Å².